The number of aliphatic hydroxyl groups excluding tert-OH is 1. The number of carboxylic acids is 1. The predicted molar refractivity (Wildman–Crippen MR) is 72.7 cm³/mol. The van der Waals surface area contributed by atoms with Gasteiger partial charge in [-0.2, -0.15) is 0 Å². The van der Waals surface area contributed by atoms with Crippen molar-refractivity contribution in [1.82, 2.24) is 5.32 Å². The summed E-state index contributed by atoms with van der Waals surface area (Å²) < 4.78 is 5.30. The van der Waals surface area contributed by atoms with E-state index < -0.39 is 24.5 Å². The fourth-order valence-corrected chi connectivity index (χ4v) is 1.53. The van der Waals surface area contributed by atoms with E-state index in [2.05, 4.69) is 5.32 Å². The number of hydrogen-bond donors (Lipinski definition) is 3. The zero-order valence-corrected chi connectivity index (χ0v) is 11.5. The van der Waals surface area contributed by atoms with Crippen molar-refractivity contribution < 1.29 is 24.5 Å². The van der Waals surface area contributed by atoms with Gasteiger partial charge in [0.25, 0.3) is 5.91 Å². The number of carbonyl (C=O) groups is 2. The minimum Gasteiger partial charge on any atom is -0.484 e. The van der Waals surface area contributed by atoms with Gasteiger partial charge in [-0.15, -0.1) is 0 Å². The minimum absolute atomic E-state index is 0.300. The highest BCUT2D eigenvalue weighted by Gasteiger charge is 2.18. The Labute approximate surface area is 117 Å². The molecule has 0 aliphatic heterocycles. The molecule has 0 saturated heterocycles. The largest absolute Gasteiger partial charge is 0.484 e. The molecule has 1 amide bonds. The average Bonchev–Trinajstić information content (AvgIpc) is 2.42. The van der Waals surface area contributed by atoms with Crippen LogP contribution in [0.5, 0.6) is 5.75 Å². The predicted octanol–water partition coefficient (Wildman–Crippen LogP) is 0.750. The van der Waals surface area contributed by atoms with E-state index in [0.717, 1.165) is 5.56 Å². The summed E-state index contributed by atoms with van der Waals surface area (Å²) in [5.74, 6) is -0.996. The quantitative estimate of drug-likeness (QED) is 0.685. The molecule has 1 rings (SSSR count). The highest BCUT2D eigenvalue weighted by molar-refractivity contribution is 5.84. The van der Waals surface area contributed by atoms with Gasteiger partial charge in [0.05, 0.1) is 6.61 Å². The second kappa shape index (κ2) is 7.49. The Morgan fingerprint density at radius 2 is 2.05 bits per heavy atom. The van der Waals surface area contributed by atoms with Crippen LogP contribution in [-0.2, 0) is 9.59 Å². The molecule has 0 saturated carbocycles. The van der Waals surface area contributed by atoms with Crippen LogP contribution in [0.3, 0.4) is 0 Å². The van der Waals surface area contributed by atoms with Gasteiger partial charge in [0.1, 0.15) is 11.8 Å². The zero-order chi connectivity index (χ0) is 15.1. The molecular weight excluding hydrogens is 262 g/mol. The zero-order valence-electron chi connectivity index (χ0n) is 11.5. The van der Waals surface area contributed by atoms with Crippen molar-refractivity contribution >= 4 is 11.9 Å². The first kappa shape index (κ1) is 16.0. The molecule has 6 nitrogen and oxygen atoms in total. The Kier molecular flexibility index (Phi) is 5.99. The van der Waals surface area contributed by atoms with E-state index in [1.165, 1.54) is 0 Å². The molecule has 0 unspecified atom stereocenters. The number of carbonyl (C=O) groups excluding carboxylic acids is 1. The Hall–Kier alpha value is -2.08. The van der Waals surface area contributed by atoms with Gasteiger partial charge in [-0.3, -0.25) is 4.79 Å². The SMILES string of the molecule is CC(C)c1cccc(OCC(=O)N[C@H](CO)C(=O)O)c1. The smallest absolute Gasteiger partial charge is 0.328 e. The van der Waals surface area contributed by atoms with E-state index in [-0.39, 0.29) is 6.61 Å². The van der Waals surface area contributed by atoms with E-state index in [4.69, 9.17) is 14.9 Å². The van der Waals surface area contributed by atoms with Crippen molar-refractivity contribution in [3.8, 4) is 5.75 Å². The number of aliphatic hydroxyl groups is 1. The van der Waals surface area contributed by atoms with E-state index in [0.29, 0.717) is 11.7 Å². The van der Waals surface area contributed by atoms with Crippen LogP contribution < -0.4 is 10.1 Å². The van der Waals surface area contributed by atoms with Gasteiger partial charge >= 0.3 is 5.97 Å². The monoisotopic (exact) mass is 281 g/mol. The molecule has 6 heteroatoms. The van der Waals surface area contributed by atoms with Crippen LogP contribution in [0.1, 0.15) is 25.3 Å². The fraction of sp³-hybridized carbons (Fsp3) is 0.429. The van der Waals surface area contributed by atoms with Gasteiger partial charge in [-0.05, 0) is 23.6 Å². The van der Waals surface area contributed by atoms with Gasteiger partial charge in [-0.1, -0.05) is 26.0 Å². The van der Waals surface area contributed by atoms with E-state index >= 15 is 0 Å². The number of nitrogens with one attached hydrogen (secondary N) is 1. The van der Waals surface area contributed by atoms with E-state index in [1.54, 1.807) is 6.07 Å². The lowest BCUT2D eigenvalue weighted by atomic mass is 10.0. The Morgan fingerprint density at radius 1 is 1.35 bits per heavy atom. The molecule has 1 atom stereocenters. The summed E-state index contributed by atoms with van der Waals surface area (Å²) in [6.45, 7) is 3.13. The van der Waals surface area contributed by atoms with Crippen LogP contribution in [0.15, 0.2) is 24.3 Å². The van der Waals surface area contributed by atoms with Crippen molar-refractivity contribution in [2.24, 2.45) is 0 Å². The summed E-state index contributed by atoms with van der Waals surface area (Å²) in [6.07, 6.45) is 0. The molecule has 1 aromatic carbocycles. The average molecular weight is 281 g/mol. The normalized spacial score (nSPS) is 12.0. The van der Waals surface area contributed by atoms with E-state index in [9.17, 15) is 9.59 Å². The fourth-order valence-electron chi connectivity index (χ4n) is 1.53. The minimum atomic E-state index is -1.31. The topological polar surface area (TPSA) is 95.9 Å². The number of hydrogen-bond acceptors (Lipinski definition) is 4. The number of ether oxygens (including phenoxy) is 1. The Balaban J connectivity index is 2.52. The van der Waals surface area contributed by atoms with Crippen molar-refractivity contribution in [3.63, 3.8) is 0 Å². The summed E-state index contributed by atoms with van der Waals surface area (Å²) in [4.78, 5) is 22.1. The van der Waals surface area contributed by atoms with Crippen molar-refractivity contribution in [1.29, 1.82) is 0 Å². The standard InChI is InChI=1S/C14H19NO5/c1-9(2)10-4-3-5-11(6-10)20-8-13(17)15-12(7-16)14(18)19/h3-6,9,12,16H,7-8H2,1-2H3,(H,15,17)(H,18,19)/t12-/m1/s1. The molecule has 20 heavy (non-hydrogen) atoms. The molecule has 0 aromatic heterocycles. The number of amides is 1. The van der Waals surface area contributed by atoms with Crippen LogP contribution in [0.4, 0.5) is 0 Å². The summed E-state index contributed by atoms with van der Waals surface area (Å²) in [7, 11) is 0. The third kappa shape index (κ3) is 4.89. The third-order valence-electron chi connectivity index (χ3n) is 2.71. The summed E-state index contributed by atoms with van der Waals surface area (Å²) in [6, 6.07) is 6.03. The van der Waals surface area contributed by atoms with Crippen LogP contribution in [-0.4, -0.2) is 41.3 Å². The number of rotatable bonds is 7. The third-order valence-corrected chi connectivity index (χ3v) is 2.71. The molecule has 0 aliphatic rings. The van der Waals surface area contributed by atoms with Gasteiger partial charge in [-0.25, -0.2) is 4.79 Å². The summed E-state index contributed by atoms with van der Waals surface area (Å²) in [5.41, 5.74) is 1.08. The molecule has 0 fully saturated rings. The van der Waals surface area contributed by atoms with Crippen molar-refractivity contribution in [3.05, 3.63) is 29.8 Å². The van der Waals surface area contributed by atoms with Crippen LogP contribution in [0.25, 0.3) is 0 Å². The van der Waals surface area contributed by atoms with Gasteiger partial charge < -0.3 is 20.3 Å². The lowest BCUT2D eigenvalue weighted by Gasteiger charge is -2.13. The lowest BCUT2D eigenvalue weighted by molar-refractivity contribution is -0.143. The van der Waals surface area contributed by atoms with Crippen LogP contribution in [0, 0.1) is 0 Å². The number of benzene rings is 1. The summed E-state index contributed by atoms with van der Waals surface area (Å²) >= 11 is 0. The van der Waals surface area contributed by atoms with Crippen LogP contribution >= 0.6 is 0 Å². The second-order valence-corrected chi connectivity index (χ2v) is 4.66. The molecule has 0 aliphatic carbocycles. The molecule has 3 N–H and O–H groups in total. The van der Waals surface area contributed by atoms with Gasteiger partial charge in [0.15, 0.2) is 6.61 Å². The van der Waals surface area contributed by atoms with Crippen molar-refractivity contribution in [2.75, 3.05) is 13.2 Å². The molecule has 0 heterocycles. The number of aliphatic carboxylic acids is 1. The molecule has 0 spiro atoms. The van der Waals surface area contributed by atoms with Crippen LogP contribution in [0.2, 0.25) is 0 Å². The molecule has 0 radical (unpaired) electrons. The maximum absolute atomic E-state index is 11.5. The Morgan fingerprint density at radius 3 is 2.60 bits per heavy atom. The molecule has 1 aromatic rings. The van der Waals surface area contributed by atoms with Gasteiger partial charge in [0.2, 0.25) is 0 Å². The maximum atomic E-state index is 11.5. The second-order valence-electron chi connectivity index (χ2n) is 4.66. The van der Waals surface area contributed by atoms with Crippen molar-refractivity contribution in [2.45, 2.75) is 25.8 Å². The van der Waals surface area contributed by atoms with E-state index in [1.807, 2.05) is 32.0 Å². The Bertz CT molecular complexity index is 472. The first-order valence-electron chi connectivity index (χ1n) is 6.29. The van der Waals surface area contributed by atoms with Gasteiger partial charge in [0, 0.05) is 0 Å². The highest BCUT2D eigenvalue weighted by Crippen LogP contribution is 2.19. The lowest BCUT2D eigenvalue weighted by Crippen LogP contribution is -2.45. The first-order chi connectivity index (χ1) is 9.43. The molecular formula is C14H19NO5. The molecule has 110 valence electrons. The first-order valence-corrected chi connectivity index (χ1v) is 6.29. The maximum Gasteiger partial charge on any atom is 0.328 e. The highest BCUT2D eigenvalue weighted by atomic mass is 16.5. The molecule has 0 bridgehead atoms. The summed E-state index contributed by atoms with van der Waals surface area (Å²) in [5, 5.41) is 19.6. The number of carboxylic acid groups (broad SMARTS) is 1.